The quantitative estimate of drug-likeness (QED) is 0.786. The number of rotatable bonds is 5. The minimum Gasteiger partial charge on any atom is -0.481 e. The molecule has 1 heterocycles. The predicted octanol–water partition coefficient (Wildman–Crippen LogP) is 1.95. The fourth-order valence-electron chi connectivity index (χ4n) is 0.987. The summed E-state index contributed by atoms with van der Waals surface area (Å²) in [4.78, 5) is 12.0. The molecule has 0 amide bonds. The van der Waals surface area contributed by atoms with Crippen LogP contribution in [0.4, 0.5) is 0 Å². The van der Waals surface area contributed by atoms with Crippen molar-refractivity contribution in [2.45, 2.75) is 20.4 Å². The molecular weight excluding hydrogens is 198 g/mol. The van der Waals surface area contributed by atoms with Crippen molar-refractivity contribution in [1.82, 2.24) is 5.32 Å². The van der Waals surface area contributed by atoms with Crippen LogP contribution in [0.25, 0.3) is 0 Å². The molecule has 3 nitrogen and oxygen atoms in total. The summed E-state index contributed by atoms with van der Waals surface area (Å²) in [6.07, 6.45) is 0. The highest BCUT2D eigenvalue weighted by Gasteiger charge is 2.26. The van der Waals surface area contributed by atoms with E-state index >= 15 is 0 Å². The number of carbonyl (C=O) groups is 1. The number of nitrogens with one attached hydrogen (secondary N) is 1. The second kappa shape index (κ2) is 4.57. The number of hydrogen-bond donors (Lipinski definition) is 2. The van der Waals surface area contributed by atoms with Crippen molar-refractivity contribution >= 4 is 17.3 Å². The Labute approximate surface area is 87.8 Å². The van der Waals surface area contributed by atoms with Crippen LogP contribution < -0.4 is 5.32 Å². The molecule has 0 saturated heterocycles. The molecule has 0 spiro atoms. The van der Waals surface area contributed by atoms with Gasteiger partial charge < -0.3 is 10.4 Å². The maximum Gasteiger partial charge on any atom is 0.310 e. The number of carboxylic acid groups (broad SMARTS) is 1. The topological polar surface area (TPSA) is 49.3 Å². The Morgan fingerprint density at radius 2 is 2.36 bits per heavy atom. The van der Waals surface area contributed by atoms with E-state index in [9.17, 15) is 4.79 Å². The fraction of sp³-hybridized carbons (Fsp3) is 0.500. The van der Waals surface area contributed by atoms with Crippen molar-refractivity contribution in [2.75, 3.05) is 6.54 Å². The van der Waals surface area contributed by atoms with Crippen molar-refractivity contribution < 1.29 is 9.90 Å². The zero-order valence-electron chi connectivity index (χ0n) is 8.41. The molecule has 0 bridgehead atoms. The van der Waals surface area contributed by atoms with Gasteiger partial charge in [0.25, 0.3) is 0 Å². The van der Waals surface area contributed by atoms with Crippen molar-refractivity contribution in [1.29, 1.82) is 0 Å². The fourth-order valence-corrected chi connectivity index (χ4v) is 1.66. The summed E-state index contributed by atoms with van der Waals surface area (Å²) in [5, 5.41) is 14.0. The van der Waals surface area contributed by atoms with Crippen LogP contribution >= 0.6 is 11.3 Å². The highest BCUT2D eigenvalue weighted by molar-refractivity contribution is 7.09. The summed E-state index contributed by atoms with van der Waals surface area (Å²) >= 11 is 1.67. The van der Waals surface area contributed by atoms with Crippen LogP contribution in [-0.4, -0.2) is 17.6 Å². The van der Waals surface area contributed by atoms with Crippen LogP contribution in [0, 0.1) is 5.41 Å². The van der Waals surface area contributed by atoms with Crippen LogP contribution in [-0.2, 0) is 11.3 Å². The van der Waals surface area contributed by atoms with Crippen LogP contribution in [0.1, 0.15) is 18.7 Å². The molecule has 0 aliphatic carbocycles. The molecule has 0 radical (unpaired) electrons. The molecule has 1 aromatic rings. The van der Waals surface area contributed by atoms with Crippen LogP contribution in [0.3, 0.4) is 0 Å². The highest BCUT2D eigenvalue weighted by atomic mass is 32.1. The minimum absolute atomic E-state index is 0.486. The van der Waals surface area contributed by atoms with Crippen molar-refractivity contribution in [3.05, 3.63) is 22.4 Å². The van der Waals surface area contributed by atoms with Gasteiger partial charge in [0.1, 0.15) is 0 Å². The normalized spacial score (nSPS) is 11.6. The van der Waals surface area contributed by atoms with E-state index in [4.69, 9.17) is 5.11 Å². The second-order valence-corrected chi connectivity index (χ2v) is 4.90. The Morgan fingerprint density at radius 3 is 2.86 bits per heavy atom. The van der Waals surface area contributed by atoms with Crippen LogP contribution in [0.5, 0.6) is 0 Å². The van der Waals surface area contributed by atoms with Gasteiger partial charge in [0.15, 0.2) is 0 Å². The number of hydrogen-bond acceptors (Lipinski definition) is 3. The van der Waals surface area contributed by atoms with Gasteiger partial charge in [-0.2, -0.15) is 0 Å². The summed E-state index contributed by atoms with van der Waals surface area (Å²) in [6, 6.07) is 4.02. The molecule has 1 rings (SSSR count). The van der Waals surface area contributed by atoms with Crippen molar-refractivity contribution in [2.24, 2.45) is 5.41 Å². The van der Waals surface area contributed by atoms with E-state index in [0.29, 0.717) is 6.54 Å². The average molecular weight is 213 g/mol. The van der Waals surface area contributed by atoms with E-state index in [1.165, 1.54) is 4.88 Å². The van der Waals surface area contributed by atoms with Crippen molar-refractivity contribution in [3.63, 3.8) is 0 Å². The molecule has 1 aromatic heterocycles. The van der Waals surface area contributed by atoms with Gasteiger partial charge in [0.2, 0.25) is 0 Å². The van der Waals surface area contributed by atoms with Gasteiger partial charge in [-0.1, -0.05) is 6.07 Å². The summed E-state index contributed by atoms with van der Waals surface area (Å²) in [6.45, 7) is 4.67. The van der Waals surface area contributed by atoms with Gasteiger partial charge in [-0.05, 0) is 25.3 Å². The zero-order chi connectivity index (χ0) is 10.6. The first-order valence-electron chi connectivity index (χ1n) is 4.49. The van der Waals surface area contributed by atoms with Gasteiger partial charge in [0.05, 0.1) is 5.41 Å². The van der Waals surface area contributed by atoms with E-state index in [-0.39, 0.29) is 0 Å². The van der Waals surface area contributed by atoms with Crippen molar-refractivity contribution in [3.8, 4) is 0 Å². The lowest BCUT2D eigenvalue weighted by Crippen LogP contribution is -2.35. The second-order valence-electron chi connectivity index (χ2n) is 3.87. The molecule has 0 aliphatic rings. The SMILES string of the molecule is CC(C)(CNCc1cccs1)C(=O)O. The van der Waals surface area contributed by atoms with Gasteiger partial charge in [-0.15, -0.1) is 11.3 Å². The lowest BCUT2D eigenvalue weighted by molar-refractivity contribution is -0.146. The Kier molecular flexibility index (Phi) is 3.66. The standard InChI is InChI=1S/C10H15NO2S/c1-10(2,9(12)13)7-11-6-8-4-3-5-14-8/h3-5,11H,6-7H2,1-2H3,(H,12,13). The number of aliphatic carboxylic acids is 1. The first kappa shape index (κ1) is 11.2. The average Bonchev–Trinajstić information content (AvgIpc) is 2.56. The van der Waals surface area contributed by atoms with E-state index in [2.05, 4.69) is 5.32 Å². The smallest absolute Gasteiger partial charge is 0.310 e. The summed E-state index contributed by atoms with van der Waals surface area (Å²) in [5.74, 6) is -0.767. The third-order valence-electron chi connectivity index (χ3n) is 2.03. The molecule has 0 aromatic carbocycles. The number of carboxylic acids is 1. The molecule has 0 fully saturated rings. The molecule has 0 saturated carbocycles. The predicted molar refractivity (Wildman–Crippen MR) is 57.4 cm³/mol. The molecule has 0 atom stereocenters. The van der Waals surface area contributed by atoms with Crippen LogP contribution in [0.2, 0.25) is 0 Å². The maximum absolute atomic E-state index is 10.8. The van der Waals surface area contributed by atoms with E-state index in [1.54, 1.807) is 25.2 Å². The largest absolute Gasteiger partial charge is 0.481 e. The summed E-state index contributed by atoms with van der Waals surface area (Å²) in [7, 11) is 0. The molecule has 0 unspecified atom stereocenters. The Hall–Kier alpha value is -0.870. The molecule has 4 heteroatoms. The van der Waals surface area contributed by atoms with Gasteiger partial charge >= 0.3 is 5.97 Å². The Morgan fingerprint density at radius 1 is 1.64 bits per heavy atom. The molecule has 14 heavy (non-hydrogen) atoms. The van der Waals surface area contributed by atoms with Crippen LogP contribution in [0.15, 0.2) is 17.5 Å². The van der Waals surface area contributed by atoms with E-state index in [0.717, 1.165) is 6.54 Å². The summed E-state index contributed by atoms with van der Waals surface area (Å²) in [5.41, 5.74) is -0.697. The highest BCUT2D eigenvalue weighted by Crippen LogP contribution is 2.14. The van der Waals surface area contributed by atoms with Gasteiger partial charge in [-0.25, -0.2) is 0 Å². The lowest BCUT2D eigenvalue weighted by atomic mass is 9.94. The maximum atomic E-state index is 10.8. The Bertz CT molecular complexity index is 293. The molecule has 2 N–H and O–H groups in total. The molecular formula is C10H15NO2S. The van der Waals surface area contributed by atoms with Gasteiger partial charge in [-0.3, -0.25) is 4.79 Å². The zero-order valence-corrected chi connectivity index (χ0v) is 9.23. The third-order valence-corrected chi connectivity index (χ3v) is 2.90. The van der Waals surface area contributed by atoms with Gasteiger partial charge in [0, 0.05) is 18.0 Å². The minimum atomic E-state index is -0.767. The lowest BCUT2D eigenvalue weighted by Gasteiger charge is -2.19. The van der Waals surface area contributed by atoms with E-state index in [1.807, 2.05) is 17.5 Å². The molecule has 78 valence electrons. The number of thiophene rings is 1. The monoisotopic (exact) mass is 213 g/mol. The van der Waals surface area contributed by atoms with E-state index < -0.39 is 11.4 Å². The molecule has 0 aliphatic heterocycles. The first-order chi connectivity index (χ1) is 6.52. The Balaban J connectivity index is 2.31. The summed E-state index contributed by atoms with van der Waals surface area (Å²) < 4.78 is 0. The first-order valence-corrected chi connectivity index (χ1v) is 5.37. The third kappa shape index (κ3) is 3.12.